The summed E-state index contributed by atoms with van der Waals surface area (Å²) in [5.74, 6) is -0.0125. The molecule has 0 radical (unpaired) electrons. The molecule has 0 aliphatic heterocycles. The first-order valence-electron chi connectivity index (χ1n) is 6.36. The van der Waals surface area contributed by atoms with Gasteiger partial charge in [-0.1, -0.05) is 12.1 Å². The molecule has 0 heterocycles. The Morgan fingerprint density at radius 3 is 2.58 bits per heavy atom. The Morgan fingerprint density at radius 1 is 1.32 bits per heavy atom. The molecule has 5 nitrogen and oxygen atoms in total. The zero-order valence-electron chi connectivity index (χ0n) is 11.0. The van der Waals surface area contributed by atoms with Gasteiger partial charge in [0.1, 0.15) is 0 Å². The van der Waals surface area contributed by atoms with Gasteiger partial charge < -0.3 is 10.5 Å². The highest BCUT2D eigenvalue weighted by atomic mass is 32.2. The van der Waals surface area contributed by atoms with E-state index < -0.39 is 10.0 Å². The molecule has 106 valence electrons. The van der Waals surface area contributed by atoms with Crippen molar-refractivity contribution in [2.75, 3.05) is 12.8 Å². The van der Waals surface area contributed by atoms with E-state index in [0.29, 0.717) is 5.69 Å². The Hall–Kier alpha value is -1.11. The van der Waals surface area contributed by atoms with Gasteiger partial charge in [-0.3, -0.25) is 0 Å². The van der Waals surface area contributed by atoms with Crippen LogP contribution in [0.4, 0.5) is 5.69 Å². The Kier molecular flexibility index (Phi) is 4.44. The Labute approximate surface area is 114 Å². The molecule has 2 rings (SSSR count). The normalized spacial score (nSPS) is 23.6. The van der Waals surface area contributed by atoms with Gasteiger partial charge in [0.15, 0.2) is 0 Å². The van der Waals surface area contributed by atoms with Crippen LogP contribution in [0.25, 0.3) is 0 Å². The summed E-state index contributed by atoms with van der Waals surface area (Å²) >= 11 is 0. The van der Waals surface area contributed by atoms with E-state index in [2.05, 4.69) is 4.72 Å². The van der Waals surface area contributed by atoms with Crippen LogP contribution in [0.5, 0.6) is 0 Å². The molecular weight excluding hydrogens is 264 g/mol. The van der Waals surface area contributed by atoms with E-state index in [1.54, 1.807) is 31.4 Å². The predicted molar refractivity (Wildman–Crippen MR) is 75.0 cm³/mol. The average Bonchev–Trinajstić information content (AvgIpc) is 2.78. The third-order valence-electron chi connectivity index (χ3n) is 3.40. The Balaban J connectivity index is 1.94. The summed E-state index contributed by atoms with van der Waals surface area (Å²) in [4.78, 5) is 0. The van der Waals surface area contributed by atoms with Crippen molar-refractivity contribution >= 4 is 15.7 Å². The maximum atomic E-state index is 12.1. The zero-order chi connectivity index (χ0) is 13.9. The fourth-order valence-electron chi connectivity index (χ4n) is 2.39. The minimum Gasteiger partial charge on any atom is -0.399 e. The molecule has 2 atom stereocenters. The van der Waals surface area contributed by atoms with Crippen LogP contribution < -0.4 is 10.5 Å². The van der Waals surface area contributed by atoms with Gasteiger partial charge in [0.2, 0.25) is 10.0 Å². The molecule has 2 unspecified atom stereocenters. The molecule has 0 amide bonds. The van der Waals surface area contributed by atoms with Crippen molar-refractivity contribution in [2.45, 2.75) is 37.2 Å². The number of sulfonamides is 1. The summed E-state index contributed by atoms with van der Waals surface area (Å²) in [6.07, 6.45) is 2.66. The monoisotopic (exact) mass is 284 g/mol. The summed E-state index contributed by atoms with van der Waals surface area (Å²) in [6.45, 7) is 0. The van der Waals surface area contributed by atoms with E-state index in [0.717, 1.165) is 24.8 Å². The number of rotatable bonds is 5. The third kappa shape index (κ3) is 4.19. The van der Waals surface area contributed by atoms with Gasteiger partial charge in [0.05, 0.1) is 11.9 Å². The summed E-state index contributed by atoms with van der Waals surface area (Å²) in [5.41, 5.74) is 6.95. The van der Waals surface area contributed by atoms with E-state index in [4.69, 9.17) is 10.5 Å². The molecule has 1 aromatic carbocycles. The van der Waals surface area contributed by atoms with Crippen LogP contribution in [0.1, 0.15) is 24.8 Å². The molecule has 0 saturated heterocycles. The topological polar surface area (TPSA) is 81.4 Å². The molecule has 6 heteroatoms. The van der Waals surface area contributed by atoms with Crippen LogP contribution in [-0.4, -0.2) is 27.7 Å². The molecule has 3 N–H and O–H groups in total. The van der Waals surface area contributed by atoms with Gasteiger partial charge in [-0.15, -0.1) is 0 Å². The highest BCUT2D eigenvalue weighted by molar-refractivity contribution is 7.88. The largest absolute Gasteiger partial charge is 0.399 e. The van der Waals surface area contributed by atoms with E-state index in [1.807, 2.05) is 0 Å². The second-order valence-electron chi connectivity index (χ2n) is 4.99. The fourth-order valence-corrected chi connectivity index (χ4v) is 3.83. The van der Waals surface area contributed by atoms with Gasteiger partial charge >= 0.3 is 0 Å². The second-order valence-corrected chi connectivity index (χ2v) is 6.74. The highest BCUT2D eigenvalue weighted by Gasteiger charge is 2.27. The SMILES string of the molecule is COC1CCC(NS(=O)(=O)Cc2ccc(N)cc2)C1. The maximum Gasteiger partial charge on any atom is 0.216 e. The minimum absolute atomic E-state index is 0.0104. The Bertz CT molecular complexity index is 513. The van der Waals surface area contributed by atoms with Crippen molar-refractivity contribution in [3.63, 3.8) is 0 Å². The first-order chi connectivity index (χ1) is 8.98. The van der Waals surface area contributed by atoms with Crippen molar-refractivity contribution < 1.29 is 13.2 Å². The lowest BCUT2D eigenvalue weighted by Gasteiger charge is -2.13. The number of ether oxygens (including phenoxy) is 1. The van der Waals surface area contributed by atoms with Gasteiger partial charge in [-0.05, 0) is 37.0 Å². The van der Waals surface area contributed by atoms with Crippen molar-refractivity contribution in [3.05, 3.63) is 29.8 Å². The van der Waals surface area contributed by atoms with E-state index in [-0.39, 0.29) is 17.9 Å². The number of nitrogens with two attached hydrogens (primary N) is 1. The molecule has 1 aliphatic carbocycles. The number of nitrogens with one attached hydrogen (secondary N) is 1. The minimum atomic E-state index is -3.31. The molecule has 1 fully saturated rings. The van der Waals surface area contributed by atoms with Crippen LogP contribution in [0, 0.1) is 0 Å². The first kappa shape index (κ1) is 14.3. The fraction of sp³-hybridized carbons (Fsp3) is 0.538. The molecule has 0 spiro atoms. The van der Waals surface area contributed by atoms with Gasteiger partial charge in [-0.2, -0.15) is 0 Å². The molecule has 19 heavy (non-hydrogen) atoms. The number of benzene rings is 1. The van der Waals surface area contributed by atoms with Crippen molar-refractivity contribution in [2.24, 2.45) is 0 Å². The molecular formula is C13H20N2O3S. The molecule has 1 aromatic rings. The van der Waals surface area contributed by atoms with E-state index >= 15 is 0 Å². The van der Waals surface area contributed by atoms with Crippen molar-refractivity contribution in [3.8, 4) is 0 Å². The standard InChI is InChI=1S/C13H20N2O3S/c1-18-13-7-6-12(8-13)15-19(16,17)9-10-2-4-11(14)5-3-10/h2-5,12-13,15H,6-9,14H2,1H3. The van der Waals surface area contributed by atoms with Crippen molar-refractivity contribution in [1.29, 1.82) is 0 Å². The summed E-state index contributed by atoms with van der Waals surface area (Å²) in [6, 6.07) is 6.88. The van der Waals surface area contributed by atoms with Gasteiger partial charge in [0, 0.05) is 18.8 Å². The third-order valence-corrected chi connectivity index (χ3v) is 4.81. The summed E-state index contributed by atoms with van der Waals surface area (Å²) in [5, 5.41) is 0. The van der Waals surface area contributed by atoms with Crippen LogP contribution in [0.15, 0.2) is 24.3 Å². The highest BCUT2D eigenvalue weighted by Crippen LogP contribution is 2.22. The van der Waals surface area contributed by atoms with E-state index in [9.17, 15) is 8.42 Å². The quantitative estimate of drug-likeness (QED) is 0.797. The maximum absolute atomic E-state index is 12.1. The smallest absolute Gasteiger partial charge is 0.216 e. The average molecular weight is 284 g/mol. The predicted octanol–water partition coefficient (Wildman–Crippen LogP) is 1.26. The van der Waals surface area contributed by atoms with Crippen molar-refractivity contribution in [1.82, 2.24) is 4.72 Å². The van der Waals surface area contributed by atoms with Gasteiger partial charge in [-0.25, -0.2) is 13.1 Å². The lowest BCUT2D eigenvalue weighted by molar-refractivity contribution is 0.107. The molecule has 0 bridgehead atoms. The van der Waals surface area contributed by atoms with Crippen LogP contribution in [-0.2, 0) is 20.5 Å². The number of hydrogen-bond acceptors (Lipinski definition) is 4. The van der Waals surface area contributed by atoms with E-state index in [1.165, 1.54) is 0 Å². The molecule has 0 aromatic heterocycles. The lowest BCUT2D eigenvalue weighted by Crippen LogP contribution is -2.34. The number of nitrogen functional groups attached to an aromatic ring is 1. The summed E-state index contributed by atoms with van der Waals surface area (Å²) in [7, 11) is -1.65. The summed E-state index contributed by atoms with van der Waals surface area (Å²) < 4.78 is 32.1. The molecule has 1 aliphatic rings. The Morgan fingerprint density at radius 2 is 2.00 bits per heavy atom. The first-order valence-corrected chi connectivity index (χ1v) is 8.01. The number of hydrogen-bond donors (Lipinski definition) is 2. The number of methoxy groups -OCH3 is 1. The zero-order valence-corrected chi connectivity index (χ0v) is 11.8. The van der Waals surface area contributed by atoms with Crippen LogP contribution in [0.2, 0.25) is 0 Å². The van der Waals surface area contributed by atoms with Gasteiger partial charge in [0.25, 0.3) is 0 Å². The van der Waals surface area contributed by atoms with Crippen LogP contribution in [0.3, 0.4) is 0 Å². The lowest BCUT2D eigenvalue weighted by atomic mass is 10.2. The molecule has 1 saturated carbocycles. The number of anilines is 1. The second kappa shape index (κ2) is 5.90. The van der Waals surface area contributed by atoms with Crippen LogP contribution >= 0.6 is 0 Å².